The minimum Gasteiger partial charge on any atom is -0.480 e. The van der Waals surface area contributed by atoms with Gasteiger partial charge in [0.05, 0.1) is 6.10 Å². The van der Waals surface area contributed by atoms with Gasteiger partial charge in [-0.2, -0.15) is 11.3 Å². The van der Waals surface area contributed by atoms with E-state index < -0.39 is 24.0 Å². The van der Waals surface area contributed by atoms with Crippen molar-refractivity contribution < 1.29 is 19.8 Å². The van der Waals surface area contributed by atoms with Crippen LogP contribution in [-0.4, -0.2) is 41.2 Å². The largest absolute Gasteiger partial charge is 0.480 e. The Bertz CT molecular complexity index is 394. The number of nitrogens with one attached hydrogen (secondary N) is 2. The summed E-state index contributed by atoms with van der Waals surface area (Å²) in [6, 6.07) is 0.816. The number of aliphatic carboxylic acids is 1. The smallest absolute Gasteiger partial charge is 0.327 e. The standard InChI is InChI=1S/C11H16N2O4S/c1-7(14)13-9(11(16)17)4-12-5-10(15)8-2-3-18-6-8/h2-3,6,9-10,12,15H,4-5H2,1H3,(H,13,14)(H,16,17). The lowest BCUT2D eigenvalue weighted by Crippen LogP contribution is -2.47. The van der Waals surface area contributed by atoms with Crippen LogP contribution in [0.15, 0.2) is 16.8 Å². The number of aliphatic hydroxyl groups excluding tert-OH is 1. The van der Waals surface area contributed by atoms with E-state index >= 15 is 0 Å². The maximum absolute atomic E-state index is 10.8. The fraction of sp³-hybridized carbons (Fsp3) is 0.455. The molecule has 2 unspecified atom stereocenters. The van der Waals surface area contributed by atoms with Gasteiger partial charge in [-0.05, 0) is 22.4 Å². The molecule has 1 amide bonds. The van der Waals surface area contributed by atoms with Crippen molar-refractivity contribution in [2.75, 3.05) is 13.1 Å². The van der Waals surface area contributed by atoms with Gasteiger partial charge in [0, 0.05) is 20.0 Å². The molecule has 6 nitrogen and oxygen atoms in total. The van der Waals surface area contributed by atoms with E-state index in [9.17, 15) is 14.7 Å². The minimum atomic E-state index is -1.11. The number of carboxylic acid groups (broad SMARTS) is 1. The summed E-state index contributed by atoms with van der Waals surface area (Å²) in [6.45, 7) is 1.56. The number of aliphatic hydroxyl groups is 1. The third kappa shape index (κ3) is 4.82. The molecule has 0 radical (unpaired) electrons. The van der Waals surface area contributed by atoms with Gasteiger partial charge in [0.15, 0.2) is 0 Å². The van der Waals surface area contributed by atoms with Crippen molar-refractivity contribution in [3.8, 4) is 0 Å². The lowest BCUT2D eigenvalue weighted by atomic mass is 10.2. The quantitative estimate of drug-likeness (QED) is 0.558. The second kappa shape index (κ2) is 7.10. The average molecular weight is 272 g/mol. The van der Waals surface area contributed by atoms with Crippen LogP contribution in [0.1, 0.15) is 18.6 Å². The normalized spacial score (nSPS) is 13.9. The first-order valence-corrected chi connectivity index (χ1v) is 6.35. The van der Waals surface area contributed by atoms with E-state index in [1.54, 1.807) is 6.07 Å². The van der Waals surface area contributed by atoms with Gasteiger partial charge in [0.2, 0.25) is 5.91 Å². The van der Waals surface area contributed by atoms with Crippen LogP contribution in [0.2, 0.25) is 0 Å². The zero-order valence-corrected chi connectivity index (χ0v) is 10.7. The molecule has 0 aliphatic carbocycles. The van der Waals surface area contributed by atoms with Crippen molar-refractivity contribution in [1.82, 2.24) is 10.6 Å². The average Bonchev–Trinajstić information content (AvgIpc) is 2.80. The summed E-state index contributed by atoms with van der Waals surface area (Å²) in [5.74, 6) is -1.51. The second-order valence-corrected chi connectivity index (χ2v) is 4.60. The number of hydrogen-bond donors (Lipinski definition) is 4. The number of carbonyl (C=O) groups excluding carboxylic acids is 1. The number of carbonyl (C=O) groups is 2. The molecule has 0 fully saturated rings. The Labute approximate surface area is 109 Å². The van der Waals surface area contributed by atoms with Crippen molar-refractivity contribution in [2.24, 2.45) is 0 Å². The van der Waals surface area contributed by atoms with Crippen molar-refractivity contribution in [2.45, 2.75) is 19.1 Å². The van der Waals surface area contributed by atoms with Crippen molar-refractivity contribution in [1.29, 1.82) is 0 Å². The first kappa shape index (κ1) is 14.6. The summed E-state index contributed by atoms with van der Waals surface area (Å²) in [4.78, 5) is 21.6. The highest BCUT2D eigenvalue weighted by Crippen LogP contribution is 2.14. The van der Waals surface area contributed by atoms with Gasteiger partial charge in [-0.15, -0.1) is 0 Å². The fourth-order valence-electron chi connectivity index (χ4n) is 1.39. The molecule has 1 heterocycles. The van der Waals surface area contributed by atoms with Crippen LogP contribution in [-0.2, 0) is 9.59 Å². The monoisotopic (exact) mass is 272 g/mol. The number of rotatable bonds is 7. The molecule has 7 heteroatoms. The first-order chi connectivity index (χ1) is 8.50. The van der Waals surface area contributed by atoms with Crippen LogP contribution in [0.25, 0.3) is 0 Å². The van der Waals surface area contributed by atoms with E-state index in [-0.39, 0.29) is 13.1 Å². The summed E-state index contributed by atoms with van der Waals surface area (Å²) < 4.78 is 0. The molecule has 100 valence electrons. The Kier molecular flexibility index (Phi) is 5.76. The molecule has 1 aromatic rings. The first-order valence-electron chi connectivity index (χ1n) is 5.41. The summed E-state index contributed by atoms with van der Waals surface area (Å²) in [5, 5.41) is 27.4. The van der Waals surface area contributed by atoms with Crippen LogP contribution in [0.5, 0.6) is 0 Å². The predicted octanol–water partition coefficient (Wildman–Crippen LogP) is -0.0396. The van der Waals surface area contributed by atoms with E-state index in [1.165, 1.54) is 18.3 Å². The zero-order valence-electron chi connectivity index (χ0n) is 9.92. The number of carboxylic acids is 1. The third-order valence-electron chi connectivity index (χ3n) is 2.29. The van der Waals surface area contributed by atoms with E-state index in [1.807, 2.05) is 10.8 Å². The van der Waals surface area contributed by atoms with Gasteiger partial charge in [-0.3, -0.25) is 4.79 Å². The molecule has 18 heavy (non-hydrogen) atoms. The molecule has 1 aromatic heterocycles. The van der Waals surface area contributed by atoms with Crippen LogP contribution in [0.3, 0.4) is 0 Å². The van der Waals surface area contributed by atoms with Gasteiger partial charge in [-0.25, -0.2) is 4.79 Å². The molecule has 4 N–H and O–H groups in total. The van der Waals surface area contributed by atoms with Crippen LogP contribution < -0.4 is 10.6 Å². The van der Waals surface area contributed by atoms with Gasteiger partial charge in [0.1, 0.15) is 6.04 Å². The molecule has 0 aliphatic rings. The molecule has 0 aliphatic heterocycles. The summed E-state index contributed by atoms with van der Waals surface area (Å²) in [5.41, 5.74) is 0.791. The molecule has 0 aromatic carbocycles. The number of thiophene rings is 1. The highest BCUT2D eigenvalue weighted by atomic mass is 32.1. The lowest BCUT2D eigenvalue weighted by molar-refractivity contribution is -0.141. The summed E-state index contributed by atoms with van der Waals surface area (Å²) >= 11 is 1.48. The van der Waals surface area contributed by atoms with Crippen molar-refractivity contribution >= 4 is 23.2 Å². The Morgan fingerprint density at radius 1 is 1.44 bits per heavy atom. The zero-order chi connectivity index (χ0) is 13.5. The topological polar surface area (TPSA) is 98.7 Å². The predicted molar refractivity (Wildman–Crippen MR) is 67.4 cm³/mol. The molecular formula is C11H16N2O4S. The maximum atomic E-state index is 10.8. The Morgan fingerprint density at radius 3 is 2.67 bits per heavy atom. The van der Waals surface area contributed by atoms with Crippen molar-refractivity contribution in [3.63, 3.8) is 0 Å². The van der Waals surface area contributed by atoms with E-state index in [2.05, 4.69) is 10.6 Å². The van der Waals surface area contributed by atoms with E-state index in [0.717, 1.165) is 5.56 Å². The van der Waals surface area contributed by atoms with E-state index in [0.29, 0.717) is 0 Å². The third-order valence-corrected chi connectivity index (χ3v) is 2.99. The summed E-state index contributed by atoms with van der Waals surface area (Å²) in [6.07, 6.45) is -0.678. The fourth-order valence-corrected chi connectivity index (χ4v) is 2.10. The SMILES string of the molecule is CC(=O)NC(CNCC(O)c1ccsc1)C(=O)O. The molecule has 2 atom stereocenters. The maximum Gasteiger partial charge on any atom is 0.327 e. The Hall–Kier alpha value is -1.44. The van der Waals surface area contributed by atoms with Crippen molar-refractivity contribution in [3.05, 3.63) is 22.4 Å². The molecule has 0 spiro atoms. The number of amides is 1. The molecule has 1 rings (SSSR count). The lowest BCUT2D eigenvalue weighted by Gasteiger charge is -2.15. The molecule has 0 bridgehead atoms. The van der Waals surface area contributed by atoms with E-state index in [4.69, 9.17) is 5.11 Å². The second-order valence-electron chi connectivity index (χ2n) is 3.82. The van der Waals surface area contributed by atoms with Gasteiger partial charge in [-0.1, -0.05) is 0 Å². The molecular weight excluding hydrogens is 256 g/mol. The number of hydrogen-bond acceptors (Lipinski definition) is 5. The Balaban J connectivity index is 2.34. The van der Waals surface area contributed by atoms with Crippen LogP contribution in [0, 0.1) is 0 Å². The Morgan fingerprint density at radius 2 is 2.17 bits per heavy atom. The molecule has 0 saturated heterocycles. The molecule has 0 saturated carbocycles. The van der Waals surface area contributed by atoms with Gasteiger partial charge >= 0.3 is 5.97 Å². The highest BCUT2D eigenvalue weighted by Gasteiger charge is 2.18. The van der Waals surface area contributed by atoms with Gasteiger partial charge < -0.3 is 20.8 Å². The highest BCUT2D eigenvalue weighted by molar-refractivity contribution is 7.07. The van der Waals surface area contributed by atoms with Gasteiger partial charge in [0.25, 0.3) is 0 Å². The van der Waals surface area contributed by atoms with Crippen LogP contribution in [0.4, 0.5) is 0 Å². The minimum absolute atomic E-state index is 0.0656. The summed E-state index contributed by atoms with van der Waals surface area (Å²) in [7, 11) is 0. The van der Waals surface area contributed by atoms with Crippen LogP contribution >= 0.6 is 11.3 Å².